The quantitative estimate of drug-likeness (QED) is 0.537. The zero-order chi connectivity index (χ0) is 10.4. The number of β-amino-alcohol motifs (C(OH)–C–C–N with tert-alkyl or cyclic N) is 1. The molecule has 0 radical (unpaired) electrons. The van der Waals surface area contributed by atoms with Crippen LogP contribution >= 0.6 is 0 Å². The second-order valence-electron chi connectivity index (χ2n) is 4.75. The highest BCUT2D eigenvalue weighted by Crippen LogP contribution is 2.33. The summed E-state index contributed by atoms with van der Waals surface area (Å²) in [6, 6.07) is 0. The monoisotopic (exact) mass is 200 g/mol. The molecule has 2 fully saturated rings. The number of aliphatic carboxylic acids is 1. The fraction of sp³-hybridized carbons (Fsp3) is 0.889. The number of hydrogen-bond acceptors (Lipinski definition) is 4. The van der Waals surface area contributed by atoms with Gasteiger partial charge >= 0.3 is 5.97 Å². The number of nitrogens with zero attached hydrogens (tertiary/aromatic N) is 1. The van der Waals surface area contributed by atoms with Gasteiger partial charge in [0.25, 0.3) is 0 Å². The summed E-state index contributed by atoms with van der Waals surface area (Å²) < 4.78 is 0. The van der Waals surface area contributed by atoms with Crippen molar-refractivity contribution in [2.45, 2.75) is 24.5 Å². The molecule has 2 aliphatic heterocycles. The minimum Gasteiger partial charge on any atom is -0.481 e. The Morgan fingerprint density at radius 2 is 2.07 bits per heavy atom. The van der Waals surface area contributed by atoms with Crippen LogP contribution in [0, 0.1) is 0 Å². The average Bonchev–Trinajstić information content (AvgIpc) is 1.91. The molecule has 0 unspecified atom stereocenters. The van der Waals surface area contributed by atoms with Gasteiger partial charge in [-0.3, -0.25) is 9.69 Å². The third kappa shape index (κ3) is 1.51. The lowest BCUT2D eigenvalue weighted by Crippen LogP contribution is -2.77. The average molecular weight is 200 g/mol. The van der Waals surface area contributed by atoms with Crippen molar-refractivity contribution >= 4 is 5.97 Å². The summed E-state index contributed by atoms with van der Waals surface area (Å²) in [6.07, 6.45) is 0.163. The Balaban J connectivity index is 1.97. The summed E-state index contributed by atoms with van der Waals surface area (Å²) in [7, 11) is 0. The van der Waals surface area contributed by atoms with Crippen molar-refractivity contribution in [3.05, 3.63) is 0 Å². The number of carboxylic acid groups (broad SMARTS) is 1. The molecule has 0 aromatic carbocycles. The molecule has 5 nitrogen and oxygen atoms in total. The van der Waals surface area contributed by atoms with Crippen molar-refractivity contribution in [2.75, 3.05) is 26.2 Å². The number of carbonyl (C=O) groups is 1. The number of likely N-dealkylation sites (tertiary alicyclic amines) is 1. The van der Waals surface area contributed by atoms with E-state index < -0.39 is 11.6 Å². The van der Waals surface area contributed by atoms with Gasteiger partial charge in [0.2, 0.25) is 0 Å². The van der Waals surface area contributed by atoms with Crippen molar-refractivity contribution < 1.29 is 15.0 Å². The predicted octanol–water partition coefficient (Wildman–Crippen LogP) is -1.13. The van der Waals surface area contributed by atoms with Crippen molar-refractivity contribution in [2.24, 2.45) is 0 Å². The number of nitrogens with one attached hydrogen (secondary N) is 1. The Morgan fingerprint density at radius 3 is 2.36 bits per heavy atom. The van der Waals surface area contributed by atoms with Gasteiger partial charge in [0, 0.05) is 26.2 Å². The third-order valence-electron chi connectivity index (χ3n) is 3.12. The lowest BCUT2D eigenvalue weighted by Gasteiger charge is -2.58. The molecular weight excluding hydrogens is 184 g/mol. The molecule has 0 saturated carbocycles. The maximum atomic E-state index is 10.7. The molecule has 3 N–H and O–H groups in total. The molecule has 2 heterocycles. The first-order valence-corrected chi connectivity index (χ1v) is 4.84. The van der Waals surface area contributed by atoms with E-state index in [1.165, 1.54) is 0 Å². The van der Waals surface area contributed by atoms with Gasteiger partial charge in [-0.2, -0.15) is 0 Å². The summed E-state index contributed by atoms with van der Waals surface area (Å²) >= 11 is 0. The molecule has 0 bridgehead atoms. The van der Waals surface area contributed by atoms with Crippen LogP contribution in [0.2, 0.25) is 0 Å². The Bertz CT molecular complexity index is 253. The highest BCUT2D eigenvalue weighted by atomic mass is 16.4. The van der Waals surface area contributed by atoms with E-state index in [9.17, 15) is 9.90 Å². The minimum atomic E-state index is -0.766. The molecule has 0 amide bonds. The molecule has 14 heavy (non-hydrogen) atoms. The number of carboxylic acids is 1. The van der Waals surface area contributed by atoms with Crippen LogP contribution in [-0.4, -0.2) is 58.4 Å². The van der Waals surface area contributed by atoms with Gasteiger partial charge in [-0.25, -0.2) is 0 Å². The molecule has 5 heteroatoms. The topological polar surface area (TPSA) is 72.8 Å². The maximum Gasteiger partial charge on any atom is 0.305 e. The summed E-state index contributed by atoms with van der Waals surface area (Å²) in [6.45, 7) is 4.39. The van der Waals surface area contributed by atoms with E-state index >= 15 is 0 Å². The molecule has 0 atom stereocenters. The zero-order valence-corrected chi connectivity index (χ0v) is 8.29. The van der Waals surface area contributed by atoms with Crippen LogP contribution in [-0.2, 0) is 4.79 Å². The maximum absolute atomic E-state index is 10.7. The van der Waals surface area contributed by atoms with Gasteiger partial charge in [0.15, 0.2) is 0 Å². The first-order valence-electron chi connectivity index (χ1n) is 4.84. The third-order valence-corrected chi connectivity index (χ3v) is 3.12. The fourth-order valence-electron chi connectivity index (χ4n) is 2.27. The van der Waals surface area contributed by atoms with Gasteiger partial charge in [0.05, 0.1) is 17.6 Å². The minimum absolute atomic E-state index is 0.163. The molecule has 2 rings (SSSR count). The van der Waals surface area contributed by atoms with Crippen LogP contribution in [0.25, 0.3) is 0 Å². The van der Waals surface area contributed by atoms with Crippen LogP contribution in [0.15, 0.2) is 0 Å². The van der Waals surface area contributed by atoms with Crippen molar-refractivity contribution in [3.8, 4) is 0 Å². The molecular formula is C9H16N2O3. The highest BCUT2D eigenvalue weighted by molar-refractivity contribution is 5.69. The van der Waals surface area contributed by atoms with Crippen LogP contribution in [0.3, 0.4) is 0 Å². The van der Waals surface area contributed by atoms with E-state index in [1.54, 1.807) is 6.92 Å². The largest absolute Gasteiger partial charge is 0.481 e. The van der Waals surface area contributed by atoms with Gasteiger partial charge in [-0.05, 0) is 6.92 Å². The molecule has 0 aliphatic carbocycles. The van der Waals surface area contributed by atoms with Crippen LogP contribution in [0.5, 0.6) is 0 Å². The Hall–Kier alpha value is -0.650. The summed E-state index contributed by atoms with van der Waals surface area (Å²) in [5.74, 6) is -0.766. The molecule has 0 aromatic heterocycles. The highest BCUT2D eigenvalue weighted by Gasteiger charge is 2.52. The molecule has 2 aliphatic rings. The fourth-order valence-corrected chi connectivity index (χ4v) is 2.27. The smallest absolute Gasteiger partial charge is 0.305 e. The Labute approximate surface area is 82.7 Å². The van der Waals surface area contributed by atoms with Gasteiger partial charge < -0.3 is 15.5 Å². The molecule has 80 valence electrons. The normalized spacial score (nSPS) is 29.0. The second kappa shape index (κ2) is 2.92. The first-order chi connectivity index (χ1) is 6.44. The van der Waals surface area contributed by atoms with Gasteiger partial charge in [-0.15, -0.1) is 0 Å². The van der Waals surface area contributed by atoms with E-state index in [0.717, 1.165) is 13.1 Å². The molecule has 0 aromatic rings. The van der Waals surface area contributed by atoms with E-state index in [-0.39, 0.29) is 12.0 Å². The van der Waals surface area contributed by atoms with Crippen molar-refractivity contribution in [1.29, 1.82) is 0 Å². The summed E-state index contributed by atoms with van der Waals surface area (Å²) in [5, 5.41) is 21.5. The van der Waals surface area contributed by atoms with Crippen LogP contribution in [0.1, 0.15) is 13.3 Å². The molecule has 0 spiro atoms. The van der Waals surface area contributed by atoms with E-state index in [1.807, 2.05) is 0 Å². The number of aliphatic hydroxyl groups is 1. The summed E-state index contributed by atoms with van der Waals surface area (Å²) in [5.41, 5.74) is -0.866. The molecule has 2 saturated heterocycles. The number of hydrogen-bond donors (Lipinski definition) is 3. The van der Waals surface area contributed by atoms with E-state index in [0.29, 0.717) is 13.1 Å². The van der Waals surface area contributed by atoms with E-state index in [2.05, 4.69) is 10.2 Å². The second-order valence-corrected chi connectivity index (χ2v) is 4.75. The van der Waals surface area contributed by atoms with Crippen LogP contribution in [0.4, 0.5) is 0 Å². The SMILES string of the molecule is CC1(O)CN(C2(CC(=O)O)CNC2)C1. The van der Waals surface area contributed by atoms with E-state index in [4.69, 9.17) is 5.11 Å². The predicted molar refractivity (Wildman–Crippen MR) is 50.1 cm³/mol. The Morgan fingerprint density at radius 1 is 1.50 bits per heavy atom. The van der Waals surface area contributed by atoms with Crippen LogP contribution < -0.4 is 5.32 Å². The van der Waals surface area contributed by atoms with Crippen molar-refractivity contribution in [3.63, 3.8) is 0 Å². The van der Waals surface area contributed by atoms with Gasteiger partial charge in [-0.1, -0.05) is 0 Å². The zero-order valence-electron chi connectivity index (χ0n) is 8.29. The lowest BCUT2D eigenvalue weighted by molar-refractivity contribution is -0.162. The van der Waals surface area contributed by atoms with Gasteiger partial charge in [0.1, 0.15) is 0 Å². The Kier molecular flexibility index (Phi) is 2.06. The first kappa shape index (κ1) is 9.89. The van der Waals surface area contributed by atoms with Crippen molar-refractivity contribution in [1.82, 2.24) is 10.2 Å². The summed E-state index contributed by atoms with van der Waals surface area (Å²) in [4.78, 5) is 12.8. The number of rotatable bonds is 3. The lowest BCUT2D eigenvalue weighted by atomic mass is 9.80. The standard InChI is InChI=1S/C9H16N2O3/c1-8(14)5-11(6-8)9(2-7(12)13)3-10-4-9/h10,14H,2-6H2,1H3,(H,12,13).